The number of carboxylic acids is 1. The van der Waals surface area contributed by atoms with Crippen molar-refractivity contribution in [2.75, 3.05) is 5.32 Å². The molecule has 0 spiro atoms. The molecule has 4 fully saturated rings. The third kappa shape index (κ3) is 4.34. The molecule has 1 aromatic heterocycles. The summed E-state index contributed by atoms with van der Waals surface area (Å²) < 4.78 is 6.60. The van der Waals surface area contributed by atoms with E-state index in [4.69, 9.17) is 4.74 Å². The van der Waals surface area contributed by atoms with E-state index < -0.39 is 11.9 Å². The molecule has 1 amide bonds. The molecule has 4 aliphatic carbocycles. The predicted molar refractivity (Wildman–Crippen MR) is 128 cm³/mol. The van der Waals surface area contributed by atoms with Crippen LogP contribution >= 0.6 is 0 Å². The van der Waals surface area contributed by atoms with Crippen LogP contribution in [0, 0.1) is 17.8 Å². The van der Waals surface area contributed by atoms with Crippen LogP contribution in [0.15, 0.2) is 54.6 Å². The largest absolute Gasteiger partial charge is 0.478 e. The van der Waals surface area contributed by atoms with Crippen molar-refractivity contribution in [1.29, 1.82) is 0 Å². The number of nitrogens with one attached hydrogen (secondary N) is 1. The minimum absolute atomic E-state index is 0.0983. The molecule has 2 aromatic carbocycles. The molecule has 7 rings (SSSR count). The van der Waals surface area contributed by atoms with Gasteiger partial charge in [-0.25, -0.2) is 4.79 Å². The number of carbonyl (C=O) groups excluding carboxylic acids is 1. The lowest BCUT2D eigenvalue weighted by Crippen LogP contribution is -2.51. The number of nitrogens with zero attached hydrogens (tertiary/aromatic N) is 3. The van der Waals surface area contributed by atoms with Crippen molar-refractivity contribution < 1.29 is 19.4 Å². The van der Waals surface area contributed by atoms with Crippen molar-refractivity contribution >= 4 is 17.6 Å². The number of hydrogen-bond acceptors (Lipinski definition) is 5. The zero-order chi connectivity index (χ0) is 24.0. The number of carboxylic acid groups (broad SMARTS) is 1. The van der Waals surface area contributed by atoms with E-state index in [1.165, 1.54) is 36.2 Å². The maximum absolute atomic E-state index is 13.3. The zero-order valence-corrected chi connectivity index (χ0v) is 19.4. The van der Waals surface area contributed by atoms with Crippen LogP contribution in [0.3, 0.4) is 0 Å². The Morgan fingerprint density at radius 1 is 0.971 bits per heavy atom. The number of para-hydroxylation sites is 1. The summed E-state index contributed by atoms with van der Waals surface area (Å²) in [4.78, 5) is 26.0. The van der Waals surface area contributed by atoms with Crippen LogP contribution in [0.4, 0.5) is 5.69 Å². The molecule has 0 saturated heterocycles. The van der Waals surface area contributed by atoms with Gasteiger partial charge in [0.2, 0.25) is 0 Å². The number of amides is 1. The van der Waals surface area contributed by atoms with Crippen LogP contribution in [0.1, 0.15) is 65.1 Å². The summed E-state index contributed by atoms with van der Waals surface area (Å²) >= 11 is 0. The fourth-order valence-electron chi connectivity index (χ4n) is 6.64. The van der Waals surface area contributed by atoms with E-state index in [2.05, 4.69) is 15.5 Å². The molecule has 4 saturated carbocycles. The topological polar surface area (TPSA) is 106 Å². The average Bonchev–Trinajstić information content (AvgIpc) is 3.27. The number of aromatic nitrogens is 3. The highest BCUT2D eigenvalue weighted by Gasteiger charge is 2.51. The van der Waals surface area contributed by atoms with E-state index in [1.54, 1.807) is 12.1 Å². The van der Waals surface area contributed by atoms with Crippen molar-refractivity contribution in [3.8, 4) is 5.69 Å². The molecule has 35 heavy (non-hydrogen) atoms. The molecule has 8 nitrogen and oxygen atoms in total. The molecule has 3 aromatic rings. The van der Waals surface area contributed by atoms with Crippen molar-refractivity contribution in [2.45, 2.75) is 50.7 Å². The first-order valence-corrected chi connectivity index (χ1v) is 12.3. The minimum Gasteiger partial charge on any atom is -0.478 e. The zero-order valence-electron chi connectivity index (χ0n) is 19.4. The lowest BCUT2D eigenvalue weighted by molar-refractivity contribution is -0.169. The molecule has 0 radical (unpaired) electrons. The van der Waals surface area contributed by atoms with Gasteiger partial charge in [-0.15, -0.1) is 10.2 Å². The fraction of sp³-hybridized carbons (Fsp3) is 0.407. The van der Waals surface area contributed by atoms with Gasteiger partial charge in [0.1, 0.15) is 5.69 Å². The maximum Gasteiger partial charge on any atom is 0.335 e. The van der Waals surface area contributed by atoms with Gasteiger partial charge in [-0.05, 0) is 86.6 Å². The summed E-state index contributed by atoms with van der Waals surface area (Å²) in [7, 11) is 0. The first-order valence-electron chi connectivity index (χ1n) is 12.3. The average molecular weight is 473 g/mol. The molecular weight excluding hydrogens is 444 g/mol. The van der Waals surface area contributed by atoms with Gasteiger partial charge in [0, 0.05) is 5.69 Å². The third-order valence-electron chi connectivity index (χ3n) is 7.75. The van der Waals surface area contributed by atoms with Crippen LogP contribution < -0.4 is 5.32 Å². The number of ether oxygens (including phenoxy) is 1. The summed E-state index contributed by atoms with van der Waals surface area (Å²) in [5.74, 6) is 0.765. The number of carbonyl (C=O) groups is 2. The molecule has 0 aliphatic heterocycles. The highest BCUT2D eigenvalue weighted by atomic mass is 16.5. The summed E-state index contributed by atoms with van der Waals surface area (Å²) in [6, 6.07) is 15.6. The quantitative estimate of drug-likeness (QED) is 0.516. The number of hydrogen-bond donors (Lipinski definition) is 2. The minimum atomic E-state index is -1.05. The van der Waals surface area contributed by atoms with Crippen molar-refractivity contribution in [1.82, 2.24) is 15.0 Å². The van der Waals surface area contributed by atoms with Crippen LogP contribution in [-0.2, 0) is 11.3 Å². The number of aromatic carboxylic acids is 1. The van der Waals surface area contributed by atoms with E-state index in [0.717, 1.165) is 42.7 Å². The molecule has 4 bridgehead atoms. The molecule has 8 heteroatoms. The summed E-state index contributed by atoms with van der Waals surface area (Å²) in [6.45, 7) is 0.219. The Morgan fingerprint density at radius 2 is 1.66 bits per heavy atom. The molecule has 2 N–H and O–H groups in total. The van der Waals surface area contributed by atoms with Gasteiger partial charge in [0.25, 0.3) is 5.91 Å². The van der Waals surface area contributed by atoms with E-state index in [9.17, 15) is 14.7 Å². The summed E-state index contributed by atoms with van der Waals surface area (Å²) in [5, 5.41) is 21.2. The first kappa shape index (κ1) is 22.0. The monoisotopic (exact) mass is 472 g/mol. The molecular formula is C27H28N4O4. The second-order valence-electron chi connectivity index (χ2n) is 10.3. The SMILES string of the molecule is O=C(O)c1cccc(NC(=O)c2nn(-c3ccccc3)nc2COC23CC4CC(CC(C4)C2)C3)c1. The standard InChI is InChI=1S/C27H28N4O4/c32-25(28-21-6-4-5-20(12-21)26(33)34)24-23(29-31(30-24)22-7-2-1-3-8-22)16-35-27-13-17-9-18(14-27)11-19(10-17)15-27/h1-8,12,17-19H,9-11,13-16H2,(H,28,32)(H,33,34). The summed E-state index contributed by atoms with van der Waals surface area (Å²) in [5.41, 5.74) is 1.78. The number of benzene rings is 2. The maximum atomic E-state index is 13.3. The molecule has 0 unspecified atom stereocenters. The lowest BCUT2D eigenvalue weighted by atomic mass is 9.54. The van der Waals surface area contributed by atoms with Crippen LogP contribution in [0.2, 0.25) is 0 Å². The molecule has 1 heterocycles. The highest BCUT2D eigenvalue weighted by Crippen LogP contribution is 2.57. The van der Waals surface area contributed by atoms with E-state index >= 15 is 0 Å². The Bertz CT molecular complexity index is 1230. The van der Waals surface area contributed by atoms with Gasteiger partial charge in [-0.2, -0.15) is 4.80 Å². The van der Waals surface area contributed by atoms with Gasteiger partial charge < -0.3 is 15.2 Å². The van der Waals surface area contributed by atoms with Gasteiger partial charge in [-0.1, -0.05) is 24.3 Å². The molecule has 4 aliphatic rings. The third-order valence-corrected chi connectivity index (χ3v) is 7.75. The van der Waals surface area contributed by atoms with Crippen LogP contribution in [0.25, 0.3) is 5.69 Å². The first-order chi connectivity index (χ1) is 17.0. The Morgan fingerprint density at radius 3 is 2.31 bits per heavy atom. The van der Waals surface area contributed by atoms with Gasteiger partial charge >= 0.3 is 5.97 Å². The van der Waals surface area contributed by atoms with Crippen molar-refractivity contribution in [2.24, 2.45) is 17.8 Å². The van der Waals surface area contributed by atoms with Crippen molar-refractivity contribution in [3.05, 3.63) is 71.5 Å². The fourth-order valence-corrected chi connectivity index (χ4v) is 6.64. The Kier molecular flexibility index (Phi) is 5.40. The number of rotatable bonds is 7. The second kappa shape index (κ2) is 8.61. The van der Waals surface area contributed by atoms with Gasteiger partial charge in [-0.3, -0.25) is 4.79 Å². The Hall–Kier alpha value is -3.52. The van der Waals surface area contributed by atoms with Gasteiger partial charge in [0.15, 0.2) is 5.69 Å². The molecule has 0 atom stereocenters. The van der Waals surface area contributed by atoms with E-state index in [1.807, 2.05) is 30.3 Å². The number of anilines is 1. The smallest absolute Gasteiger partial charge is 0.335 e. The van der Waals surface area contributed by atoms with Crippen LogP contribution in [0.5, 0.6) is 0 Å². The molecule has 180 valence electrons. The van der Waals surface area contributed by atoms with E-state index in [0.29, 0.717) is 11.4 Å². The van der Waals surface area contributed by atoms with Crippen LogP contribution in [-0.4, -0.2) is 37.6 Å². The predicted octanol–water partition coefficient (Wildman–Crippen LogP) is 4.70. The normalized spacial score (nSPS) is 26.6. The van der Waals surface area contributed by atoms with Crippen molar-refractivity contribution in [3.63, 3.8) is 0 Å². The Balaban J connectivity index is 1.27. The highest BCUT2D eigenvalue weighted by molar-refractivity contribution is 6.04. The lowest BCUT2D eigenvalue weighted by Gasteiger charge is -2.56. The summed E-state index contributed by atoms with van der Waals surface area (Å²) in [6.07, 6.45) is 7.27. The van der Waals surface area contributed by atoms with Gasteiger partial charge in [0.05, 0.1) is 23.5 Å². The van der Waals surface area contributed by atoms with E-state index in [-0.39, 0.29) is 23.5 Å². The Labute approximate surface area is 203 Å². The second-order valence-corrected chi connectivity index (χ2v) is 10.3.